The number of carbonyl (C=O) groups excluding carboxylic acids is 2. The van der Waals surface area contributed by atoms with Gasteiger partial charge in [-0.2, -0.15) is 5.10 Å². The molecule has 0 fully saturated rings. The summed E-state index contributed by atoms with van der Waals surface area (Å²) in [7, 11) is 0. The van der Waals surface area contributed by atoms with E-state index in [4.69, 9.17) is 4.74 Å². The highest BCUT2D eigenvalue weighted by molar-refractivity contribution is 5.92. The Labute approximate surface area is 163 Å². The van der Waals surface area contributed by atoms with Gasteiger partial charge in [-0.15, -0.1) is 0 Å². The zero-order valence-electron chi connectivity index (χ0n) is 18.0. The van der Waals surface area contributed by atoms with Gasteiger partial charge < -0.3 is 15.4 Å². The van der Waals surface area contributed by atoms with Gasteiger partial charge in [0.25, 0.3) is 5.91 Å². The molecule has 1 unspecified atom stereocenters. The van der Waals surface area contributed by atoms with Crippen LogP contribution in [0.3, 0.4) is 0 Å². The Kier molecular flexibility index (Phi) is 8.31. The summed E-state index contributed by atoms with van der Waals surface area (Å²) in [6.07, 6.45) is 0.281. The first-order valence-corrected chi connectivity index (χ1v) is 9.77. The molecule has 0 spiro atoms. The van der Waals surface area contributed by atoms with Crippen LogP contribution in [0.25, 0.3) is 0 Å². The topological polar surface area (TPSA) is 85.3 Å². The first-order chi connectivity index (χ1) is 12.5. The van der Waals surface area contributed by atoms with E-state index in [0.29, 0.717) is 24.8 Å². The van der Waals surface area contributed by atoms with E-state index in [-0.39, 0.29) is 23.4 Å². The molecule has 7 nitrogen and oxygen atoms in total. The summed E-state index contributed by atoms with van der Waals surface area (Å²) in [4.78, 5) is 24.4. The minimum absolute atomic E-state index is 0.192. The Morgan fingerprint density at radius 2 is 1.85 bits per heavy atom. The van der Waals surface area contributed by atoms with E-state index < -0.39 is 6.09 Å². The normalized spacial score (nSPS) is 13.0. The van der Waals surface area contributed by atoms with Crippen LogP contribution in [0.2, 0.25) is 0 Å². The van der Waals surface area contributed by atoms with Gasteiger partial charge in [0.2, 0.25) is 0 Å². The second-order valence-electron chi connectivity index (χ2n) is 8.59. The van der Waals surface area contributed by atoms with Crippen molar-refractivity contribution >= 4 is 12.0 Å². The predicted molar refractivity (Wildman–Crippen MR) is 107 cm³/mol. The monoisotopic (exact) mass is 380 g/mol. The molecule has 0 saturated carbocycles. The number of alkyl carbamates (subject to hydrolysis) is 1. The van der Waals surface area contributed by atoms with Crippen LogP contribution >= 0.6 is 0 Å². The predicted octanol–water partition coefficient (Wildman–Crippen LogP) is 3.65. The lowest BCUT2D eigenvalue weighted by atomic mass is 10.0. The van der Waals surface area contributed by atoms with Crippen molar-refractivity contribution in [1.29, 1.82) is 0 Å². The third-order valence-electron chi connectivity index (χ3n) is 4.06. The summed E-state index contributed by atoms with van der Waals surface area (Å²) in [6, 6.07) is 1.66. The Morgan fingerprint density at radius 1 is 1.22 bits per heavy atom. The van der Waals surface area contributed by atoms with Crippen LogP contribution in [0.5, 0.6) is 0 Å². The first kappa shape index (κ1) is 23.0. The number of nitrogens with one attached hydrogen (secondary N) is 2. The highest BCUT2D eigenvalue weighted by Crippen LogP contribution is 2.23. The summed E-state index contributed by atoms with van der Waals surface area (Å²) in [5.41, 5.74) is 1.22. The molecule has 2 amide bonds. The lowest BCUT2D eigenvalue weighted by molar-refractivity contribution is 0.0938. The van der Waals surface area contributed by atoms with Crippen molar-refractivity contribution in [2.75, 3.05) is 13.2 Å². The van der Waals surface area contributed by atoms with Crippen molar-refractivity contribution in [1.82, 2.24) is 20.4 Å². The summed E-state index contributed by atoms with van der Waals surface area (Å²) in [6.45, 7) is 16.9. The van der Waals surface area contributed by atoms with Crippen molar-refractivity contribution in [3.63, 3.8) is 0 Å². The number of carbonyl (C=O) groups is 2. The maximum atomic E-state index is 12.6. The van der Waals surface area contributed by atoms with Gasteiger partial charge in [0.15, 0.2) is 0 Å². The lowest BCUT2D eigenvalue weighted by Crippen LogP contribution is -2.44. The molecule has 7 heteroatoms. The molecule has 0 aliphatic rings. The zero-order valence-corrected chi connectivity index (χ0v) is 18.0. The molecule has 1 aromatic heterocycles. The molecule has 0 aromatic carbocycles. The smallest absolute Gasteiger partial charge is 0.407 e. The van der Waals surface area contributed by atoms with Gasteiger partial charge in [0.05, 0.1) is 12.1 Å². The molecule has 154 valence electrons. The Hall–Kier alpha value is -2.05. The van der Waals surface area contributed by atoms with Crippen LogP contribution in [0, 0.1) is 5.92 Å². The maximum Gasteiger partial charge on any atom is 0.407 e. The van der Waals surface area contributed by atoms with Crippen LogP contribution in [0.15, 0.2) is 6.07 Å². The lowest BCUT2D eigenvalue weighted by Gasteiger charge is -2.23. The number of amides is 2. The highest BCUT2D eigenvalue weighted by Gasteiger charge is 2.24. The van der Waals surface area contributed by atoms with Gasteiger partial charge in [-0.3, -0.25) is 9.48 Å². The third-order valence-corrected chi connectivity index (χ3v) is 4.06. The van der Waals surface area contributed by atoms with Crippen molar-refractivity contribution < 1.29 is 14.3 Å². The summed E-state index contributed by atoms with van der Waals surface area (Å²) in [5, 5.41) is 10.2. The molecule has 1 aromatic rings. The molecule has 2 N–H and O–H groups in total. The van der Waals surface area contributed by atoms with E-state index in [1.807, 2.05) is 10.7 Å². The quantitative estimate of drug-likeness (QED) is 0.721. The fourth-order valence-corrected chi connectivity index (χ4v) is 2.86. The number of hydrogen-bond donors (Lipinski definition) is 2. The molecule has 0 bridgehead atoms. The first-order valence-electron chi connectivity index (χ1n) is 9.77. The largest absolute Gasteiger partial charge is 0.450 e. The van der Waals surface area contributed by atoms with E-state index in [2.05, 4.69) is 64.2 Å². The zero-order chi connectivity index (χ0) is 20.8. The summed E-state index contributed by atoms with van der Waals surface area (Å²) in [5.74, 6) is 0.401. The molecule has 27 heavy (non-hydrogen) atoms. The van der Waals surface area contributed by atoms with Gasteiger partial charge in [0, 0.05) is 18.3 Å². The number of hydrogen-bond acceptors (Lipinski definition) is 4. The number of ether oxygens (including phenoxy) is 1. The van der Waals surface area contributed by atoms with Crippen molar-refractivity contribution in [2.45, 2.75) is 79.3 Å². The van der Waals surface area contributed by atoms with Gasteiger partial charge >= 0.3 is 6.09 Å². The minimum atomic E-state index is -0.462. The molecule has 0 aliphatic heterocycles. The Morgan fingerprint density at radius 3 is 2.30 bits per heavy atom. The highest BCUT2D eigenvalue weighted by atomic mass is 16.5. The van der Waals surface area contributed by atoms with Crippen molar-refractivity contribution in [3.05, 3.63) is 17.5 Å². The standard InChI is InChI=1S/C20H36N4O3/c1-9-27-19(26)22-15(10-13(2)3)12-21-18(25)16-11-17(14(4)5)24(23-16)20(6,7)8/h11,13-15H,9-10,12H2,1-8H3,(H,21,25)(H,22,26). The molecule has 0 radical (unpaired) electrons. The van der Waals surface area contributed by atoms with E-state index >= 15 is 0 Å². The minimum Gasteiger partial charge on any atom is -0.450 e. The van der Waals surface area contributed by atoms with Crippen molar-refractivity contribution in [3.8, 4) is 0 Å². The molecule has 0 saturated heterocycles. The van der Waals surface area contributed by atoms with Gasteiger partial charge in [-0.1, -0.05) is 27.7 Å². The molecule has 1 heterocycles. The molecule has 0 aliphatic carbocycles. The number of aromatic nitrogens is 2. The van der Waals surface area contributed by atoms with Gasteiger partial charge in [0.1, 0.15) is 5.69 Å². The Balaban J connectivity index is 2.85. The summed E-state index contributed by atoms with van der Waals surface area (Å²) < 4.78 is 6.86. The number of rotatable bonds is 8. The number of nitrogens with zero attached hydrogens (tertiary/aromatic N) is 2. The average Bonchev–Trinajstić information content (AvgIpc) is 2.97. The molecular weight excluding hydrogens is 344 g/mol. The van der Waals surface area contributed by atoms with Crippen molar-refractivity contribution in [2.24, 2.45) is 5.92 Å². The Bertz CT molecular complexity index is 630. The fraction of sp³-hybridized carbons (Fsp3) is 0.750. The van der Waals surface area contributed by atoms with E-state index in [1.54, 1.807) is 6.92 Å². The second-order valence-corrected chi connectivity index (χ2v) is 8.59. The van der Waals surface area contributed by atoms with E-state index in [1.165, 1.54) is 0 Å². The second kappa shape index (κ2) is 9.76. The van der Waals surface area contributed by atoms with Crippen LogP contribution in [-0.4, -0.2) is 41.0 Å². The SMILES string of the molecule is CCOC(=O)NC(CNC(=O)c1cc(C(C)C)n(C(C)(C)C)n1)CC(C)C. The molecular formula is C20H36N4O3. The molecule has 1 rings (SSSR count). The summed E-state index contributed by atoms with van der Waals surface area (Å²) >= 11 is 0. The third kappa shape index (κ3) is 7.23. The van der Waals surface area contributed by atoms with Crippen LogP contribution in [-0.2, 0) is 10.3 Å². The maximum absolute atomic E-state index is 12.6. The van der Waals surface area contributed by atoms with Crippen LogP contribution in [0.4, 0.5) is 4.79 Å². The fourth-order valence-electron chi connectivity index (χ4n) is 2.86. The van der Waals surface area contributed by atoms with Gasteiger partial charge in [-0.05, 0) is 52.0 Å². The van der Waals surface area contributed by atoms with Crippen LogP contribution < -0.4 is 10.6 Å². The molecule has 1 atom stereocenters. The van der Waals surface area contributed by atoms with Gasteiger partial charge in [-0.25, -0.2) is 4.79 Å². The van der Waals surface area contributed by atoms with E-state index in [9.17, 15) is 9.59 Å². The van der Waals surface area contributed by atoms with Crippen LogP contribution in [0.1, 0.15) is 83.9 Å². The van der Waals surface area contributed by atoms with E-state index in [0.717, 1.165) is 12.1 Å². The average molecular weight is 381 g/mol.